The van der Waals surface area contributed by atoms with Gasteiger partial charge in [-0.1, -0.05) is 6.07 Å². The Bertz CT molecular complexity index is 460. The van der Waals surface area contributed by atoms with Gasteiger partial charge in [0.05, 0.1) is 40.7 Å². The van der Waals surface area contributed by atoms with Gasteiger partial charge in [-0.05, 0) is 30.5 Å². The second-order valence-corrected chi connectivity index (χ2v) is 6.10. The molecule has 1 aromatic carbocycles. The fourth-order valence-corrected chi connectivity index (χ4v) is 2.65. The Kier molecular flexibility index (Phi) is 3.44. The Morgan fingerprint density at radius 2 is 2.06 bits per heavy atom. The summed E-state index contributed by atoms with van der Waals surface area (Å²) < 4.78 is 6.04. The molecular weight excluding hydrogens is 226 g/mol. The minimum atomic E-state index is 0.143. The number of hydrogen-bond acceptors (Lipinski definition) is 2. The number of methoxy groups -OCH3 is 1. The third-order valence-corrected chi connectivity index (χ3v) is 3.48. The summed E-state index contributed by atoms with van der Waals surface area (Å²) in [5, 5.41) is 0. The molecule has 1 unspecified atom stereocenters. The Labute approximate surface area is 109 Å². The second-order valence-electron chi connectivity index (χ2n) is 6.10. The van der Waals surface area contributed by atoms with E-state index in [0.717, 1.165) is 35.2 Å². The number of fused-ring (bicyclic) bond motifs is 1. The van der Waals surface area contributed by atoms with Crippen molar-refractivity contribution < 1.29 is 14.0 Å². The number of Topliss-reactive ketones (excluding diaryl/α,β-unsaturated/α-hetero) is 1. The smallest absolute Gasteiger partial charge is 0.171 e. The zero-order valence-electron chi connectivity index (χ0n) is 11.7. The van der Waals surface area contributed by atoms with Crippen LogP contribution in [0.15, 0.2) is 18.2 Å². The molecule has 2 rings (SSSR count). The molecule has 0 N–H and O–H groups in total. The maximum absolute atomic E-state index is 12.5. The van der Waals surface area contributed by atoms with E-state index in [-0.39, 0.29) is 11.7 Å². The van der Waals surface area contributed by atoms with Gasteiger partial charge in [-0.25, -0.2) is 0 Å². The van der Waals surface area contributed by atoms with Crippen molar-refractivity contribution in [1.29, 1.82) is 0 Å². The lowest BCUT2D eigenvalue weighted by atomic mass is 9.82. The predicted octanol–water partition coefficient (Wildman–Crippen LogP) is 2.15. The highest BCUT2D eigenvalue weighted by molar-refractivity contribution is 6.00. The Morgan fingerprint density at radius 1 is 1.33 bits per heavy atom. The molecule has 3 nitrogen and oxygen atoms in total. The molecule has 1 aliphatic carbocycles. The Morgan fingerprint density at radius 3 is 2.67 bits per heavy atom. The molecule has 3 heteroatoms. The molecular formula is C15H22NO2+. The number of benzene rings is 1. The van der Waals surface area contributed by atoms with Crippen molar-refractivity contribution in [1.82, 2.24) is 0 Å². The van der Waals surface area contributed by atoms with Crippen molar-refractivity contribution in [3.05, 3.63) is 29.3 Å². The number of aryl methyl sites for hydroxylation is 1. The van der Waals surface area contributed by atoms with Gasteiger partial charge >= 0.3 is 0 Å². The monoisotopic (exact) mass is 248 g/mol. The van der Waals surface area contributed by atoms with Gasteiger partial charge in [0.2, 0.25) is 0 Å². The number of ether oxygens (including phenoxy) is 1. The summed E-state index contributed by atoms with van der Waals surface area (Å²) in [6.07, 6.45) is 1.96. The predicted molar refractivity (Wildman–Crippen MR) is 72.0 cm³/mol. The highest BCUT2D eigenvalue weighted by atomic mass is 16.5. The van der Waals surface area contributed by atoms with Crippen LogP contribution in [0.25, 0.3) is 0 Å². The quantitative estimate of drug-likeness (QED) is 0.766. The number of carbonyl (C=O) groups is 1. The number of nitrogens with zero attached hydrogens (tertiary/aromatic N) is 1. The number of carbonyl (C=O) groups excluding carboxylic acids is 1. The van der Waals surface area contributed by atoms with E-state index in [9.17, 15) is 4.79 Å². The number of ketones is 1. The SMILES string of the molecule is COc1ccc2c(c1)C(=O)C(C[N+](C)(C)C)CC2. The van der Waals surface area contributed by atoms with Gasteiger partial charge in [0.1, 0.15) is 5.75 Å². The number of rotatable bonds is 3. The first-order valence-electron chi connectivity index (χ1n) is 6.42. The zero-order chi connectivity index (χ0) is 13.3. The van der Waals surface area contributed by atoms with E-state index < -0.39 is 0 Å². The molecule has 1 aromatic rings. The van der Waals surface area contributed by atoms with E-state index in [1.807, 2.05) is 18.2 Å². The summed E-state index contributed by atoms with van der Waals surface area (Å²) in [7, 11) is 8.04. The standard InChI is InChI=1S/C15H22NO2/c1-16(2,3)10-12-6-5-11-7-8-13(18-4)9-14(11)15(12)17/h7-9,12H,5-6,10H2,1-4H3/q+1. The fraction of sp³-hybridized carbons (Fsp3) is 0.533. The van der Waals surface area contributed by atoms with Crippen molar-refractivity contribution in [2.75, 3.05) is 34.8 Å². The summed E-state index contributed by atoms with van der Waals surface area (Å²) in [6.45, 7) is 0.898. The summed E-state index contributed by atoms with van der Waals surface area (Å²) in [5.41, 5.74) is 2.03. The molecule has 0 heterocycles. The first-order valence-corrected chi connectivity index (χ1v) is 6.42. The van der Waals surface area contributed by atoms with Gasteiger partial charge < -0.3 is 9.22 Å². The van der Waals surface area contributed by atoms with Crippen LogP contribution in [0, 0.1) is 5.92 Å². The molecule has 0 bridgehead atoms. The van der Waals surface area contributed by atoms with E-state index in [1.165, 1.54) is 5.56 Å². The van der Waals surface area contributed by atoms with Gasteiger partial charge in [-0.15, -0.1) is 0 Å². The van der Waals surface area contributed by atoms with Crippen molar-refractivity contribution in [2.24, 2.45) is 5.92 Å². The molecule has 98 valence electrons. The third-order valence-electron chi connectivity index (χ3n) is 3.48. The first-order chi connectivity index (χ1) is 8.40. The summed E-state index contributed by atoms with van der Waals surface area (Å²) >= 11 is 0. The van der Waals surface area contributed by atoms with Crippen LogP contribution in [-0.4, -0.2) is 45.1 Å². The molecule has 0 aliphatic heterocycles. The molecule has 1 atom stereocenters. The summed E-state index contributed by atoms with van der Waals surface area (Å²) in [5.74, 6) is 1.20. The van der Waals surface area contributed by atoms with Crippen LogP contribution in [-0.2, 0) is 6.42 Å². The van der Waals surface area contributed by atoms with E-state index in [4.69, 9.17) is 4.74 Å². The molecule has 0 fully saturated rings. The maximum atomic E-state index is 12.5. The summed E-state index contributed by atoms with van der Waals surface area (Å²) in [4.78, 5) is 12.5. The van der Waals surface area contributed by atoms with Crippen molar-refractivity contribution in [2.45, 2.75) is 12.8 Å². The van der Waals surface area contributed by atoms with Crippen LogP contribution in [0.5, 0.6) is 5.75 Å². The minimum Gasteiger partial charge on any atom is -0.497 e. The van der Waals surface area contributed by atoms with Gasteiger partial charge in [0.15, 0.2) is 5.78 Å². The highest BCUT2D eigenvalue weighted by Crippen LogP contribution is 2.29. The summed E-state index contributed by atoms with van der Waals surface area (Å²) in [6, 6.07) is 5.85. The molecule has 0 saturated carbocycles. The molecule has 0 aromatic heterocycles. The van der Waals surface area contributed by atoms with Crippen LogP contribution < -0.4 is 4.74 Å². The average molecular weight is 248 g/mol. The minimum absolute atomic E-state index is 0.143. The largest absolute Gasteiger partial charge is 0.497 e. The van der Waals surface area contributed by atoms with E-state index in [1.54, 1.807) is 7.11 Å². The maximum Gasteiger partial charge on any atom is 0.171 e. The lowest BCUT2D eigenvalue weighted by Gasteiger charge is -2.31. The third kappa shape index (κ3) is 2.72. The van der Waals surface area contributed by atoms with Crippen molar-refractivity contribution >= 4 is 5.78 Å². The number of quaternary nitrogens is 1. The zero-order valence-corrected chi connectivity index (χ0v) is 11.7. The van der Waals surface area contributed by atoms with Crippen LogP contribution >= 0.6 is 0 Å². The molecule has 18 heavy (non-hydrogen) atoms. The van der Waals surface area contributed by atoms with E-state index in [0.29, 0.717) is 0 Å². The first kappa shape index (κ1) is 13.1. The normalized spacial score (nSPS) is 19.6. The molecule has 0 saturated heterocycles. The Hall–Kier alpha value is -1.35. The van der Waals surface area contributed by atoms with Gasteiger partial charge in [-0.3, -0.25) is 4.79 Å². The Balaban J connectivity index is 2.26. The molecule has 0 amide bonds. The number of hydrogen-bond donors (Lipinski definition) is 0. The fourth-order valence-electron chi connectivity index (χ4n) is 2.65. The molecule has 0 radical (unpaired) electrons. The topological polar surface area (TPSA) is 26.3 Å². The van der Waals surface area contributed by atoms with Gasteiger partial charge in [0, 0.05) is 5.56 Å². The van der Waals surface area contributed by atoms with Crippen LogP contribution in [0.2, 0.25) is 0 Å². The van der Waals surface area contributed by atoms with Crippen molar-refractivity contribution in [3.8, 4) is 5.75 Å². The lowest BCUT2D eigenvalue weighted by Crippen LogP contribution is -2.42. The molecule has 0 spiro atoms. The van der Waals surface area contributed by atoms with Gasteiger partial charge in [-0.2, -0.15) is 0 Å². The average Bonchev–Trinajstić information content (AvgIpc) is 2.31. The van der Waals surface area contributed by atoms with Crippen LogP contribution in [0.4, 0.5) is 0 Å². The van der Waals surface area contributed by atoms with E-state index >= 15 is 0 Å². The highest BCUT2D eigenvalue weighted by Gasteiger charge is 2.31. The second kappa shape index (κ2) is 4.73. The van der Waals surface area contributed by atoms with Crippen LogP contribution in [0.1, 0.15) is 22.3 Å². The van der Waals surface area contributed by atoms with Crippen LogP contribution in [0.3, 0.4) is 0 Å². The van der Waals surface area contributed by atoms with E-state index in [2.05, 4.69) is 21.1 Å². The molecule has 1 aliphatic rings. The van der Waals surface area contributed by atoms with Gasteiger partial charge in [0.25, 0.3) is 0 Å². The lowest BCUT2D eigenvalue weighted by molar-refractivity contribution is -0.872. The van der Waals surface area contributed by atoms with Crippen molar-refractivity contribution in [3.63, 3.8) is 0 Å².